The van der Waals surface area contributed by atoms with Gasteiger partial charge in [0.2, 0.25) is 0 Å². The molecule has 96 valence electrons. The number of nitrogen functional groups attached to an aromatic ring is 1. The van der Waals surface area contributed by atoms with E-state index in [-0.39, 0.29) is 0 Å². The molecule has 2 aromatic heterocycles. The zero-order valence-corrected chi connectivity index (χ0v) is 11.4. The number of aromatic nitrogens is 2. The predicted octanol–water partition coefficient (Wildman–Crippen LogP) is 2.91. The highest BCUT2D eigenvalue weighted by atomic mass is 32.1. The number of rotatable bonds is 3. The van der Waals surface area contributed by atoms with Gasteiger partial charge in [-0.2, -0.15) is 0 Å². The van der Waals surface area contributed by atoms with E-state index >= 15 is 0 Å². The third-order valence-electron chi connectivity index (χ3n) is 2.98. The fourth-order valence-corrected chi connectivity index (χ4v) is 2.77. The van der Waals surface area contributed by atoms with Gasteiger partial charge < -0.3 is 10.6 Å². The number of nitrogens with zero attached hydrogens (tertiary/aromatic N) is 3. The molecule has 3 aromatic rings. The molecule has 4 nitrogen and oxygen atoms in total. The van der Waals surface area contributed by atoms with E-state index in [1.54, 1.807) is 11.3 Å². The Kier molecular flexibility index (Phi) is 3.05. The third-order valence-corrected chi connectivity index (χ3v) is 3.78. The Labute approximate surface area is 115 Å². The van der Waals surface area contributed by atoms with Crippen LogP contribution >= 0.6 is 11.3 Å². The second-order valence-corrected chi connectivity index (χ2v) is 5.25. The number of hydrogen-bond donors (Lipinski definition) is 1. The van der Waals surface area contributed by atoms with Gasteiger partial charge in [0.15, 0.2) is 5.82 Å². The maximum Gasteiger partial charge on any atom is 0.151 e. The van der Waals surface area contributed by atoms with Gasteiger partial charge in [-0.25, -0.2) is 9.97 Å². The summed E-state index contributed by atoms with van der Waals surface area (Å²) in [5, 5.41) is 2.93. The van der Waals surface area contributed by atoms with Crippen molar-refractivity contribution in [2.45, 2.75) is 6.54 Å². The molecular formula is C14H14N4S. The monoisotopic (exact) mass is 270 g/mol. The molecule has 19 heavy (non-hydrogen) atoms. The third kappa shape index (κ3) is 2.37. The highest BCUT2D eigenvalue weighted by Crippen LogP contribution is 2.23. The first-order chi connectivity index (χ1) is 9.24. The molecule has 3 rings (SSSR count). The zero-order valence-electron chi connectivity index (χ0n) is 10.6. The van der Waals surface area contributed by atoms with Crippen LogP contribution in [0.25, 0.3) is 10.2 Å². The first kappa shape index (κ1) is 11.9. The minimum absolute atomic E-state index is 0.558. The lowest BCUT2D eigenvalue weighted by Gasteiger charge is -2.18. The van der Waals surface area contributed by atoms with Gasteiger partial charge in [0.05, 0.1) is 11.9 Å². The van der Waals surface area contributed by atoms with Gasteiger partial charge in [0, 0.05) is 12.7 Å². The molecule has 0 aliphatic heterocycles. The molecule has 0 bridgehead atoms. The van der Waals surface area contributed by atoms with Gasteiger partial charge >= 0.3 is 0 Å². The van der Waals surface area contributed by atoms with E-state index in [1.165, 1.54) is 0 Å². The minimum Gasteiger partial charge on any atom is -0.383 e. The number of para-hydroxylation sites is 1. The zero-order chi connectivity index (χ0) is 13.2. The summed E-state index contributed by atoms with van der Waals surface area (Å²) in [6.45, 7) is 0.641. The molecule has 0 amide bonds. The van der Waals surface area contributed by atoms with Crippen LogP contribution in [0.1, 0.15) is 5.82 Å². The maximum atomic E-state index is 5.95. The second-order valence-electron chi connectivity index (χ2n) is 4.36. The van der Waals surface area contributed by atoms with Crippen LogP contribution in [0.15, 0.2) is 41.8 Å². The normalized spacial score (nSPS) is 10.8. The van der Waals surface area contributed by atoms with Crippen molar-refractivity contribution in [2.24, 2.45) is 0 Å². The molecule has 2 N–H and O–H groups in total. The quantitative estimate of drug-likeness (QED) is 0.795. The van der Waals surface area contributed by atoms with Crippen molar-refractivity contribution < 1.29 is 0 Å². The Balaban J connectivity index is 1.89. The van der Waals surface area contributed by atoms with Gasteiger partial charge in [-0.15, -0.1) is 11.3 Å². The van der Waals surface area contributed by atoms with E-state index in [2.05, 4.69) is 27.0 Å². The number of fused-ring (bicyclic) bond motifs is 1. The Morgan fingerprint density at radius 3 is 2.74 bits per heavy atom. The standard InChI is InChI=1S/C14H14N4S/c1-18(10-5-3-2-4-6-10)9-12-16-13(15)11-7-8-19-14(11)17-12/h2-8H,9H2,1H3,(H2,15,16,17). The molecule has 0 fully saturated rings. The number of anilines is 2. The van der Waals surface area contributed by atoms with Crippen LogP contribution in [0.2, 0.25) is 0 Å². The Bertz CT molecular complexity index is 693. The van der Waals surface area contributed by atoms with Crippen LogP contribution in [0.4, 0.5) is 11.5 Å². The van der Waals surface area contributed by atoms with Gasteiger partial charge in [0.25, 0.3) is 0 Å². The fraction of sp³-hybridized carbons (Fsp3) is 0.143. The van der Waals surface area contributed by atoms with Gasteiger partial charge in [-0.1, -0.05) is 18.2 Å². The highest BCUT2D eigenvalue weighted by molar-refractivity contribution is 7.16. The van der Waals surface area contributed by atoms with E-state index in [0.717, 1.165) is 21.7 Å². The average molecular weight is 270 g/mol. The average Bonchev–Trinajstić information content (AvgIpc) is 2.88. The van der Waals surface area contributed by atoms with Crippen molar-refractivity contribution in [3.8, 4) is 0 Å². The lowest BCUT2D eigenvalue weighted by Crippen LogP contribution is -2.18. The summed E-state index contributed by atoms with van der Waals surface area (Å²) >= 11 is 1.59. The second kappa shape index (κ2) is 4.85. The largest absolute Gasteiger partial charge is 0.383 e. The Hall–Kier alpha value is -2.14. The molecule has 0 spiro atoms. The van der Waals surface area contributed by atoms with Crippen LogP contribution in [-0.2, 0) is 6.54 Å². The molecule has 0 aliphatic carbocycles. The molecule has 0 saturated carbocycles. The van der Waals surface area contributed by atoms with Crippen LogP contribution in [0, 0.1) is 0 Å². The first-order valence-corrected chi connectivity index (χ1v) is 6.88. The minimum atomic E-state index is 0.558. The Morgan fingerprint density at radius 2 is 1.95 bits per heavy atom. The van der Waals surface area contributed by atoms with Crippen molar-refractivity contribution in [1.82, 2.24) is 9.97 Å². The van der Waals surface area contributed by atoms with Gasteiger partial charge in [0.1, 0.15) is 10.6 Å². The van der Waals surface area contributed by atoms with Crippen molar-refractivity contribution in [3.05, 3.63) is 47.6 Å². The fourth-order valence-electron chi connectivity index (χ4n) is 1.98. The summed E-state index contributed by atoms with van der Waals surface area (Å²) in [5.74, 6) is 1.31. The summed E-state index contributed by atoms with van der Waals surface area (Å²) < 4.78 is 0. The molecular weight excluding hydrogens is 256 g/mol. The summed E-state index contributed by atoms with van der Waals surface area (Å²) in [5.41, 5.74) is 7.09. The molecule has 0 aliphatic rings. The van der Waals surface area contributed by atoms with E-state index in [9.17, 15) is 0 Å². The summed E-state index contributed by atoms with van der Waals surface area (Å²) in [6, 6.07) is 12.1. The number of thiophene rings is 1. The van der Waals surface area contributed by atoms with E-state index < -0.39 is 0 Å². The molecule has 0 saturated heterocycles. The van der Waals surface area contributed by atoms with Crippen molar-refractivity contribution >= 4 is 33.1 Å². The highest BCUT2D eigenvalue weighted by Gasteiger charge is 2.08. The van der Waals surface area contributed by atoms with E-state index in [0.29, 0.717) is 12.4 Å². The van der Waals surface area contributed by atoms with Crippen molar-refractivity contribution in [1.29, 1.82) is 0 Å². The molecule has 1 aromatic carbocycles. The van der Waals surface area contributed by atoms with Crippen LogP contribution in [0.3, 0.4) is 0 Å². The van der Waals surface area contributed by atoms with Gasteiger partial charge in [-0.05, 0) is 23.6 Å². The van der Waals surface area contributed by atoms with Crippen molar-refractivity contribution in [3.63, 3.8) is 0 Å². The predicted molar refractivity (Wildman–Crippen MR) is 80.4 cm³/mol. The molecule has 0 radical (unpaired) electrons. The van der Waals surface area contributed by atoms with E-state index in [1.807, 2.05) is 36.7 Å². The topological polar surface area (TPSA) is 55.0 Å². The van der Waals surface area contributed by atoms with Crippen molar-refractivity contribution in [2.75, 3.05) is 17.7 Å². The molecule has 5 heteroatoms. The number of nitrogens with two attached hydrogens (primary N) is 1. The molecule has 0 unspecified atom stereocenters. The summed E-state index contributed by atoms with van der Waals surface area (Å²) in [4.78, 5) is 12.0. The smallest absolute Gasteiger partial charge is 0.151 e. The first-order valence-electron chi connectivity index (χ1n) is 6.00. The SMILES string of the molecule is CN(Cc1nc(N)c2ccsc2n1)c1ccccc1. The van der Waals surface area contributed by atoms with Gasteiger partial charge in [-0.3, -0.25) is 0 Å². The summed E-state index contributed by atoms with van der Waals surface area (Å²) in [7, 11) is 2.02. The van der Waals surface area contributed by atoms with Crippen LogP contribution < -0.4 is 10.6 Å². The molecule has 2 heterocycles. The maximum absolute atomic E-state index is 5.95. The van der Waals surface area contributed by atoms with E-state index in [4.69, 9.17) is 5.73 Å². The molecule has 0 atom stereocenters. The lowest BCUT2D eigenvalue weighted by molar-refractivity contribution is 0.851. The number of hydrogen-bond acceptors (Lipinski definition) is 5. The Morgan fingerprint density at radius 1 is 1.16 bits per heavy atom. The lowest BCUT2D eigenvalue weighted by atomic mass is 10.3. The van der Waals surface area contributed by atoms with Crippen LogP contribution in [-0.4, -0.2) is 17.0 Å². The summed E-state index contributed by atoms with van der Waals surface area (Å²) in [6.07, 6.45) is 0. The number of benzene rings is 1. The van der Waals surface area contributed by atoms with Crippen LogP contribution in [0.5, 0.6) is 0 Å².